The van der Waals surface area contributed by atoms with Gasteiger partial charge >= 0.3 is 6.18 Å². The van der Waals surface area contributed by atoms with Crippen molar-refractivity contribution in [2.75, 3.05) is 0 Å². The molecule has 3 nitrogen and oxygen atoms in total. The fraction of sp³-hybridized carbons (Fsp3) is 0.133. The Hall–Kier alpha value is -2.50. The number of phenolic OH excluding ortho intramolecular Hbond substituents is 1. The highest BCUT2D eigenvalue weighted by atomic mass is 19.4. The zero-order valence-electron chi connectivity index (χ0n) is 11.0. The van der Waals surface area contributed by atoms with Gasteiger partial charge in [0.05, 0.1) is 16.8 Å². The molecule has 6 heteroatoms. The molecule has 0 saturated heterocycles. The average Bonchev–Trinajstić information content (AvgIpc) is 2.81. The molecular formula is C15H11F3N2O. The standard InChI is InChI=1S/C15H11F3N2O/c1-9-7-10(21)5-6-12(9)20-8-19-14-11(15(16,17)18)3-2-4-13(14)20/h2-8,21H,1H3. The van der Waals surface area contributed by atoms with E-state index in [2.05, 4.69) is 4.98 Å². The van der Waals surface area contributed by atoms with E-state index in [1.807, 2.05) is 0 Å². The van der Waals surface area contributed by atoms with Crippen LogP contribution in [0.5, 0.6) is 5.75 Å². The summed E-state index contributed by atoms with van der Waals surface area (Å²) >= 11 is 0. The van der Waals surface area contributed by atoms with E-state index in [1.54, 1.807) is 29.7 Å². The zero-order chi connectivity index (χ0) is 15.2. The molecule has 0 aliphatic heterocycles. The quantitative estimate of drug-likeness (QED) is 0.734. The third-order valence-corrected chi connectivity index (χ3v) is 3.32. The van der Waals surface area contributed by atoms with E-state index in [4.69, 9.17) is 0 Å². The largest absolute Gasteiger partial charge is 0.508 e. The summed E-state index contributed by atoms with van der Waals surface area (Å²) in [7, 11) is 0. The second kappa shape index (κ2) is 4.51. The third kappa shape index (κ3) is 2.22. The van der Waals surface area contributed by atoms with Gasteiger partial charge in [0.15, 0.2) is 0 Å². The number of aryl methyl sites for hydroxylation is 1. The first-order valence-corrected chi connectivity index (χ1v) is 6.21. The molecule has 0 aliphatic carbocycles. The van der Waals surface area contributed by atoms with Gasteiger partial charge in [-0.25, -0.2) is 4.98 Å². The van der Waals surface area contributed by atoms with Crippen molar-refractivity contribution in [1.29, 1.82) is 0 Å². The summed E-state index contributed by atoms with van der Waals surface area (Å²) in [6.07, 6.45) is -3.08. The molecule has 1 N–H and O–H groups in total. The van der Waals surface area contributed by atoms with E-state index in [1.165, 1.54) is 18.5 Å². The summed E-state index contributed by atoms with van der Waals surface area (Å²) in [5.41, 5.74) is 0.951. The van der Waals surface area contributed by atoms with Crippen molar-refractivity contribution in [3.05, 3.63) is 53.9 Å². The molecule has 0 atom stereocenters. The molecule has 0 spiro atoms. The van der Waals surface area contributed by atoms with Crippen LogP contribution in [0.2, 0.25) is 0 Å². The van der Waals surface area contributed by atoms with Crippen LogP contribution in [-0.4, -0.2) is 14.7 Å². The molecular weight excluding hydrogens is 281 g/mol. The summed E-state index contributed by atoms with van der Waals surface area (Å²) in [6, 6.07) is 8.65. The molecule has 3 aromatic rings. The van der Waals surface area contributed by atoms with Gasteiger partial charge in [0.25, 0.3) is 0 Å². The second-order valence-electron chi connectivity index (χ2n) is 4.76. The number of phenols is 1. The van der Waals surface area contributed by atoms with Crippen molar-refractivity contribution in [2.45, 2.75) is 13.1 Å². The van der Waals surface area contributed by atoms with Crippen LogP contribution in [-0.2, 0) is 6.18 Å². The second-order valence-corrected chi connectivity index (χ2v) is 4.76. The van der Waals surface area contributed by atoms with Gasteiger partial charge in [0.2, 0.25) is 0 Å². The molecule has 1 heterocycles. The van der Waals surface area contributed by atoms with E-state index in [0.29, 0.717) is 11.2 Å². The Bertz CT molecular complexity index is 821. The SMILES string of the molecule is Cc1cc(O)ccc1-n1cnc2c(C(F)(F)F)cccc21. The maximum atomic E-state index is 13.0. The number of para-hydroxylation sites is 1. The van der Waals surface area contributed by atoms with Gasteiger partial charge in [-0.3, -0.25) is 4.57 Å². The molecule has 0 radical (unpaired) electrons. The monoisotopic (exact) mass is 292 g/mol. The molecule has 21 heavy (non-hydrogen) atoms. The maximum Gasteiger partial charge on any atom is 0.418 e. The van der Waals surface area contributed by atoms with Gasteiger partial charge in [-0.2, -0.15) is 13.2 Å². The number of imidazole rings is 1. The number of benzene rings is 2. The van der Waals surface area contributed by atoms with Crippen LogP contribution in [0.1, 0.15) is 11.1 Å². The van der Waals surface area contributed by atoms with Crippen LogP contribution >= 0.6 is 0 Å². The molecule has 0 saturated carbocycles. The van der Waals surface area contributed by atoms with Gasteiger partial charge in [-0.15, -0.1) is 0 Å². The van der Waals surface area contributed by atoms with Crippen molar-refractivity contribution in [1.82, 2.24) is 9.55 Å². The Kier molecular flexibility index (Phi) is 2.90. The number of hydrogen-bond donors (Lipinski definition) is 1. The predicted molar refractivity (Wildman–Crippen MR) is 72.5 cm³/mol. The Labute approximate surface area is 118 Å². The maximum absolute atomic E-state index is 13.0. The minimum absolute atomic E-state index is 0.0857. The number of alkyl halides is 3. The lowest BCUT2D eigenvalue weighted by Crippen LogP contribution is -2.05. The summed E-state index contributed by atoms with van der Waals surface area (Å²) < 4.78 is 40.5. The smallest absolute Gasteiger partial charge is 0.418 e. The third-order valence-electron chi connectivity index (χ3n) is 3.32. The fourth-order valence-corrected chi connectivity index (χ4v) is 2.37. The van der Waals surface area contributed by atoms with Crippen molar-refractivity contribution in [3.8, 4) is 11.4 Å². The first-order chi connectivity index (χ1) is 9.88. The van der Waals surface area contributed by atoms with Crippen molar-refractivity contribution in [3.63, 3.8) is 0 Å². The summed E-state index contributed by atoms with van der Waals surface area (Å²) in [5.74, 6) is 0.108. The van der Waals surface area contributed by atoms with Gasteiger partial charge in [-0.05, 0) is 42.8 Å². The molecule has 0 bridgehead atoms. The van der Waals surface area contributed by atoms with Gasteiger partial charge in [0.1, 0.15) is 17.6 Å². The van der Waals surface area contributed by atoms with E-state index >= 15 is 0 Å². The van der Waals surface area contributed by atoms with E-state index in [0.717, 1.165) is 11.6 Å². The predicted octanol–water partition coefficient (Wildman–Crippen LogP) is 4.06. The highest BCUT2D eigenvalue weighted by molar-refractivity contribution is 5.81. The minimum atomic E-state index is -4.44. The zero-order valence-corrected chi connectivity index (χ0v) is 11.0. The lowest BCUT2D eigenvalue weighted by Gasteiger charge is -2.10. The van der Waals surface area contributed by atoms with Crippen LogP contribution in [0, 0.1) is 6.92 Å². The van der Waals surface area contributed by atoms with Crippen molar-refractivity contribution >= 4 is 11.0 Å². The van der Waals surface area contributed by atoms with Crippen LogP contribution in [0.4, 0.5) is 13.2 Å². The number of aromatic hydroxyl groups is 1. The normalized spacial score (nSPS) is 12.0. The van der Waals surface area contributed by atoms with Crippen LogP contribution < -0.4 is 0 Å². The lowest BCUT2D eigenvalue weighted by atomic mass is 10.1. The minimum Gasteiger partial charge on any atom is -0.508 e. The van der Waals surface area contributed by atoms with Gasteiger partial charge in [-0.1, -0.05) is 6.07 Å². The number of halogens is 3. The summed E-state index contributed by atoms with van der Waals surface area (Å²) in [6.45, 7) is 1.77. The number of rotatable bonds is 1. The lowest BCUT2D eigenvalue weighted by molar-refractivity contribution is -0.136. The first-order valence-electron chi connectivity index (χ1n) is 6.21. The Morgan fingerprint density at radius 3 is 2.57 bits per heavy atom. The fourth-order valence-electron chi connectivity index (χ4n) is 2.37. The van der Waals surface area contributed by atoms with Crippen molar-refractivity contribution in [2.24, 2.45) is 0 Å². The van der Waals surface area contributed by atoms with Crippen LogP contribution in [0.3, 0.4) is 0 Å². The number of fused-ring (bicyclic) bond motifs is 1. The van der Waals surface area contributed by atoms with Crippen LogP contribution in [0.25, 0.3) is 16.7 Å². The molecule has 0 amide bonds. The van der Waals surface area contributed by atoms with Crippen molar-refractivity contribution < 1.29 is 18.3 Å². The summed E-state index contributed by atoms with van der Waals surface area (Å²) in [4.78, 5) is 3.91. The summed E-state index contributed by atoms with van der Waals surface area (Å²) in [5, 5.41) is 9.43. The van der Waals surface area contributed by atoms with E-state index in [-0.39, 0.29) is 11.3 Å². The van der Waals surface area contributed by atoms with Gasteiger partial charge < -0.3 is 5.11 Å². The first kappa shape index (κ1) is 13.5. The van der Waals surface area contributed by atoms with Crippen LogP contribution in [0.15, 0.2) is 42.7 Å². The molecule has 108 valence electrons. The van der Waals surface area contributed by atoms with E-state index in [9.17, 15) is 18.3 Å². The average molecular weight is 292 g/mol. The Morgan fingerprint density at radius 2 is 1.90 bits per heavy atom. The molecule has 2 aromatic carbocycles. The molecule has 3 rings (SSSR count). The van der Waals surface area contributed by atoms with E-state index < -0.39 is 11.7 Å². The highest BCUT2D eigenvalue weighted by Gasteiger charge is 2.33. The number of aromatic nitrogens is 2. The Balaban J connectivity index is 2.26. The highest BCUT2D eigenvalue weighted by Crippen LogP contribution is 2.35. The molecule has 0 fully saturated rings. The molecule has 0 aliphatic rings. The molecule has 0 unspecified atom stereocenters. The Morgan fingerprint density at radius 1 is 1.14 bits per heavy atom. The topological polar surface area (TPSA) is 38.0 Å². The number of hydrogen-bond acceptors (Lipinski definition) is 2. The molecule has 1 aromatic heterocycles. The number of nitrogens with zero attached hydrogens (tertiary/aromatic N) is 2. The van der Waals surface area contributed by atoms with Gasteiger partial charge in [0, 0.05) is 0 Å².